The van der Waals surface area contributed by atoms with E-state index in [2.05, 4.69) is 23.3 Å². The van der Waals surface area contributed by atoms with Gasteiger partial charge < -0.3 is 4.90 Å². The van der Waals surface area contributed by atoms with Crippen molar-refractivity contribution in [1.29, 1.82) is 0 Å². The number of aliphatic imine (C=N–C) groups is 1. The zero-order valence-electron chi connectivity index (χ0n) is 17.1. The lowest BCUT2D eigenvalue weighted by Gasteiger charge is -2.17. The van der Waals surface area contributed by atoms with Crippen LogP contribution in [0.5, 0.6) is 0 Å². The molecule has 5 rings (SSSR count). The van der Waals surface area contributed by atoms with E-state index in [9.17, 15) is 13.6 Å². The molecule has 158 valence electrons. The summed E-state index contributed by atoms with van der Waals surface area (Å²) in [6, 6.07) is 11.4. The smallest absolute Gasteiger partial charge is 0.271 e. The lowest BCUT2D eigenvalue weighted by molar-refractivity contribution is 0.0758. The van der Waals surface area contributed by atoms with Crippen molar-refractivity contribution in [3.63, 3.8) is 0 Å². The highest BCUT2D eigenvalue weighted by Crippen LogP contribution is 2.31. The van der Waals surface area contributed by atoms with Gasteiger partial charge in [0.1, 0.15) is 23.0 Å². The highest BCUT2D eigenvalue weighted by molar-refractivity contribution is 5.97. The van der Waals surface area contributed by atoms with E-state index in [-0.39, 0.29) is 24.6 Å². The van der Waals surface area contributed by atoms with Gasteiger partial charge in [0, 0.05) is 35.6 Å². The summed E-state index contributed by atoms with van der Waals surface area (Å²) >= 11 is 0. The molecule has 0 spiro atoms. The van der Waals surface area contributed by atoms with E-state index >= 15 is 0 Å². The van der Waals surface area contributed by atoms with E-state index in [1.807, 2.05) is 12.1 Å². The number of nitrogens with zero attached hydrogens (tertiary/aromatic N) is 4. The van der Waals surface area contributed by atoms with E-state index in [0.717, 1.165) is 5.56 Å². The average molecular weight is 428 g/mol. The monoisotopic (exact) mass is 428 g/mol. The molecule has 2 aromatic heterocycles. The molecular formula is C25H18F2N4O. The summed E-state index contributed by atoms with van der Waals surface area (Å²) in [5.74, 6) is -1.69. The van der Waals surface area contributed by atoms with Gasteiger partial charge in [-0.25, -0.2) is 13.8 Å². The highest BCUT2D eigenvalue weighted by Gasteiger charge is 2.31. The SMILES string of the molecule is C=Cc1cc(-c2cc(F)c(CN3Cc4ccc5nccn5c4C3=O)c(F)c2)ccc1N=C. The van der Waals surface area contributed by atoms with Crippen LogP contribution in [0.1, 0.15) is 27.2 Å². The molecule has 0 bridgehead atoms. The van der Waals surface area contributed by atoms with Crippen molar-refractivity contribution in [3.8, 4) is 11.1 Å². The van der Waals surface area contributed by atoms with Crippen LogP contribution in [0.2, 0.25) is 0 Å². The summed E-state index contributed by atoms with van der Waals surface area (Å²) in [5, 5.41) is 0. The quantitative estimate of drug-likeness (QED) is 0.399. The molecule has 0 fully saturated rings. The molecule has 7 heteroatoms. The molecule has 5 nitrogen and oxygen atoms in total. The van der Waals surface area contributed by atoms with Crippen LogP contribution in [0.4, 0.5) is 14.5 Å². The highest BCUT2D eigenvalue weighted by atomic mass is 19.1. The first-order valence-electron chi connectivity index (χ1n) is 9.96. The number of carbonyl (C=O) groups excluding carboxylic acids is 1. The molecule has 0 radical (unpaired) electrons. The van der Waals surface area contributed by atoms with Gasteiger partial charge in [-0.1, -0.05) is 24.8 Å². The Balaban J connectivity index is 1.46. The number of rotatable bonds is 5. The van der Waals surface area contributed by atoms with Gasteiger partial charge in [-0.05, 0) is 48.2 Å². The minimum Gasteiger partial charge on any atom is -0.328 e. The van der Waals surface area contributed by atoms with Gasteiger partial charge in [0.2, 0.25) is 0 Å². The number of hydrogen-bond donors (Lipinski definition) is 0. The lowest BCUT2D eigenvalue weighted by Crippen LogP contribution is -2.25. The van der Waals surface area contributed by atoms with E-state index < -0.39 is 11.6 Å². The maximum atomic E-state index is 15.0. The normalized spacial score (nSPS) is 12.9. The molecule has 1 amide bonds. The van der Waals surface area contributed by atoms with Gasteiger partial charge in [0.25, 0.3) is 5.91 Å². The van der Waals surface area contributed by atoms with E-state index in [0.29, 0.717) is 33.7 Å². The number of pyridine rings is 1. The van der Waals surface area contributed by atoms with Gasteiger partial charge in [0.05, 0.1) is 12.2 Å². The van der Waals surface area contributed by atoms with Crippen LogP contribution in [0.25, 0.3) is 22.9 Å². The number of hydrogen-bond acceptors (Lipinski definition) is 3. The number of benzene rings is 2. The van der Waals surface area contributed by atoms with Gasteiger partial charge in [-0.2, -0.15) is 0 Å². The van der Waals surface area contributed by atoms with Crippen molar-refractivity contribution in [3.05, 3.63) is 95.5 Å². The Bertz CT molecular complexity index is 1400. The molecule has 4 aromatic rings. The first-order chi connectivity index (χ1) is 15.5. The van der Waals surface area contributed by atoms with Crippen LogP contribution in [0, 0.1) is 11.6 Å². The van der Waals surface area contributed by atoms with Crippen LogP contribution in [0.15, 0.2) is 66.4 Å². The Morgan fingerprint density at radius 3 is 2.59 bits per heavy atom. The number of imidazole rings is 1. The second kappa shape index (κ2) is 7.53. The number of amides is 1. The third kappa shape index (κ3) is 3.10. The summed E-state index contributed by atoms with van der Waals surface area (Å²) in [5.41, 5.74) is 4.15. The lowest BCUT2D eigenvalue weighted by atomic mass is 9.99. The van der Waals surface area contributed by atoms with E-state index in [4.69, 9.17) is 0 Å². The molecule has 0 saturated heterocycles. The maximum Gasteiger partial charge on any atom is 0.271 e. The number of halogens is 2. The molecule has 32 heavy (non-hydrogen) atoms. The fraction of sp³-hybridized carbons (Fsp3) is 0.0800. The van der Waals surface area contributed by atoms with Crippen molar-refractivity contribution < 1.29 is 13.6 Å². The number of fused-ring (bicyclic) bond motifs is 3. The van der Waals surface area contributed by atoms with Crippen LogP contribution < -0.4 is 0 Å². The van der Waals surface area contributed by atoms with Crippen molar-refractivity contribution in [1.82, 2.24) is 14.3 Å². The molecule has 0 unspecified atom stereocenters. The van der Waals surface area contributed by atoms with Crippen molar-refractivity contribution >= 4 is 30.0 Å². The van der Waals surface area contributed by atoms with Crippen LogP contribution in [-0.4, -0.2) is 26.9 Å². The molecule has 0 N–H and O–H groups in total. The fourth-order valence-electron chi connectivity index (χ4n) is 4.11. The maximum absolute atomic E-state index is 15.0. The molecule has 1 aliphatic heterocycles. The molecule has 0 aliphatic carbocycles. The summed E-state index contributed by atoms with van der Waals surface area (Å²) in [6.07, 6.45) is 4.93. The van der Waals surface area contributed by atoms with Gasteiger partial charge in [-0.15, -0.1) is 0 Å². The second-order valence-corrected chi connectivity index (χ2v) is 7.58. The van der Waals surface area contributed by atoms with Crippen LogP contribution in [-0.2, 0) is 13.1 Å². The standard InChI is InChI=1S/C25H18F2N4O/c1-3-15-10-16(4-6-22(15)28-2)18-11-20(26)19(21(27)12-18)14-30-13-17-5-7-23-29-8-9-31(23)24(17)25(30)32/h3-12H,1-2,13-14H2. The Morgan fingerprint density at radius 1 is 1.09 bits per heavy atom. The number of carbonyl (C=O) groups is 1. The van der Waals surface area contributed by atoms with Crippen molar-refractivity contribution in [2.75, 3.05) is 0 Å². The third-order valence-electron chi connectivity index (χ3n) is 5.74. The Morgan fingerprint density at radius 2 is 1.88 bits per heavy atom. The summed E-state index contributed by atoms with van der Waals surface area (Å²) in [7, 11) is 0. The third-order valence-corrected chi connectivity index (χ3v) is 5.74. The molecular weight excluding hydrogens is 410 g/mol. The average Bonchev–Trinajstić information content (AvgIpc) is 3.39. The van der Waals surface area contributed by atoms with Gasteiger partial charge in [0.15, 0.2) is 0 Å². The predicted molar refractivity (Wildman–Crippen MR) is 120 cm³/mol. The minimum atomic E-state index is -0.706. The summed E-state index contributed by atoms with van der Waals surface area (Å²) < 4.78 is 31.7. The first kappa shape index (κ1) is 19.8. The second-order valence-electron chi connectivity index (χ2n) is 7.58. The predicted octanol–water partition coefficient (Wildman–Crippen LogP) is 5.41. The Kier molecular flexibility index (Phi) is 4.66. The van der Waals surface area contributed by atoms with Crippen LogP contribution in [0.3, 0.4) is 0 Å². The Hall–Kier alpha value is -4.13. The zero-order chi connectivity index (χ0) is 22.4. The fourth-order valence-corrected chi connectivity index (χ4v) is 4.11. The summed E-state index contributed by atoms with van der Waals surface area (Å²) in [4.78, 5) is 22.5. The number of aromatic nitrogens is 2. The first-order valence-corrected chi connectivity index (χ1v) is 9.96. The molecule has 3 heterocycles. The summed E-state index contributed by atoms with van der Waals surface area (Å²) in [6.45, 7) is 7.36. The van der Waals surface area contributed by atoms with E-state index in [1.54, 1.807) is 41.1 Å². The Labute approximate surface area is 183 Å². The van der Waals surface area contributed by atoms with Crippen molar-refractivity contribution in [2.45, 2.75) is 13.1 Å². The van der Waals surface area contributed by atoms with Gasteiger partial charge >= 0.3 is 0 Å². The zero-order valence-corrected chi connectivity index (χ0v) is 17.1. The molecule has 0 atom stereocenters. The largest absolute Gasteiger partial charge is 0.328 e. The van der Waals surface area contributed by atoms with Crippen molar-refractivity contribution in [2.24, 2.45) is 4.99 Å². The molecule has 2 aromatic carbocycles. The van der Waals surface area contributed by atoms with Crippen LogP contribution >= 0.6 is 0 Å². The molecule has 0 saturated carbocycles. The van der Waals surface area contributed by atoms with Gasteiger partial charge in [-0.3, -0.25) is 14.2 Å². The minimum absolute atomic E-state index is 0.148. The molecule has 1 aliphatic rings. The van der Waals surface area contributed by atoms with E-state index in [1.165, 1.54) is 17.0 Å². The topological polar surface area (TPSA) is 50.0 Å².